The Kier molecular flexibility index (Phi) is 5.88. The fourth-order valence-electron chi connectivity index (χ4n) is 1.71. The van der Waals surface area contributed by atoms with E-state index in [1.807, 2.05) is 24.3 Å². The predicted octanol–water partition coefficient (Wildman–Crippen LogP) is 3.89. The summed E-state index contributed by atoms with van der Waals surface area (Å²) >= 11 is 9.31. The smallest absolute Gasteiger partial charge is 0.253 e. The number of hydrogen-bond donors (Lipinski definition) is 1. The van der Waals surface area contributed by atoms with Crippen LogP contribution in [0.15, 0.2) is 46.9 Å². The summed E-state index contributed by atoms with van der Waals surface area (Å²) in [5.41, 5.74) is 1.28. The van der Waals surface area contributed by atoms with Gasteiger partial charge in [-0.1, -0.05) is 39.4 Å². The minimum absolute atomic E-state index is 0.244. The van der Waals surface area contributed by atoms with Crippen molar-refractivity contribution in [3.8, 4) is 17.6 Å². The van der Waals surface area contributed by atoms with Crippen LogP contribution in [0.5, 0.6) is 5.75 Å². The highest BCUT2D eigenvalue weighted by molar-refractivity contribution is 9.10. The Bertz CT molecular complexity index is 733. The van der Waals surface area contributed by atoms with Gasteiger partial charge < -0.3 is 10.1 Å². The lowest BCUT2D eigenvalue weighted by Gasteiger charge is -2.04. The number of halogens is 2. The zero-order valence-corrected chi connectivity index (χ0v) is 14.2. The summed E-state index contributed by atoms with van der Waals surface area (Å²) in [6.07, 6.45) is 0. The molecular weight excluding hydrogens is 366 g/mol. The molecule has 0 saturated heterocycles. The number of carbonyl (C=O) groups is 1. The molecule has 0 heterocycles. The van der Waals surface area contributed by atoms with E-state index in [2.05, 4.69) is 33.1 Å². The van der Waals surface area contributed by atoms with Crippen LogP contribution in [-0.2, 0) is 0 Å². The van der Waals surface area contributed by atoms with E-state index >= 15 is 0 Å². The van der Waals surface area contributed by atoms with E-state index in [-0.39, 0.29) is 12.5 Å². The molecule has 0 aliphatic carbocycles. The molecule has 2 aromatic carbocycles. The second kappa shape index (κ2) is 7.88. The van der Waals surface area contributed by atoms with Crippen molar-refractivity contribution in [2.45, 2.75) is 0 Å². The van der Waals surface area contributed by atoms with Gasteiger partial charge in [-0.2, -0.15) is 0 Å². The Hall–Kier alpha value is -1.96. The van der Waals surface area contributed by atoms with Crippen molar-refractivity contribution in [2.75, 3.05) is 13.7 Å². The molecule has 0 aromatic heterocycles. The topological polar surface area (TPSA) is 38.3 Å². The molecule has 3 nitrogen and oxygen atoms in total. The molecule has 0 aliphatic rings. The molecule has 0 atom stereocenters. The van der Waals surface area contributed by atoms with Gasteiger partial charge in [0.05, 0.1) is 24.2 Å². The number of methoxy groups -OCH3 is 1. The lowest BCUT2D eigenvalue weighted by molar-refractivity contribution is 0.0959. The van der Waals surface area contributed by atoms with Crippen molar-refractivity contribution in [3.05, 3.63) is 63.1 Å². The third kappa shape index (κ3) is 4.52. The first-order chi connectivity index (χ1) is 10.6. The summed E-state index contributed by atoms with van der Waals surface area (Å²) in [6, 6.07) is 12.5. The minimum atomic E-state index is -0.254. The van der Waals surface area contributed by atoms with E-state index in [9.17, 15) is 4.79 Å². The van der Waals surface area contributed by atoms with Gasteiger partial charge in [0.15, 0.2) is 0 Å². The maximum atomic E-state index is 12.0. The molecule has 0 radical (unpaired) electrons. The summed E-state index contributed by atoms with van der Waals surface area (Å²) in [5.74, 6) is 6.39. The standard InChI is InChI=1S/C17H13BrClNO2/c1-22-14-7-4-12(5-8-14)3-2-10-20-17(21)15-11-13(18)6-9-16(15)19/h4-9,11H,10H2,1H3,(H,20,21). The first kappa shape index (κ1) is 16.4. The Labute approximate surface area is 142 Å². The molecule has 5 heteroatoms. The predicted molar refractivity (Wildman–Crippen MR) is 91.4 cm³/mol. The normalized spacial score (nSPS) is 9.59. The van der Waals surface area contributed by atoms with Gasteiger partial charge in [0.2, 0.25) is 0 Å². The molecule has 1 amide bonds. The molecule has 0 unspecified atom stereocenters. The van der Waals surface area contributed by atoms with Crippen LogP contribution >= 0.6 is 27.5 Å². The highest BCUT2D eigenvalue weighted by Gasteiger charge is 2.09. The number of amides is 1. The molecule has 2 rings (SSSR count). The van der Waals surface area contributed by atoms with E-state index in [0.29, 0.717) is 10.6 Å². The van der Waals surface area contributed by atoms with Gasteiger partial charge in [0.1, 0.15) is 5.75 Å². The van der Waals surface area contributed by atoms with E-state index < -0.39 is 0 Å². The highest BCUT2D eigenvalue weighted by atomic mass is 79.9. The third-order valence-corrected chi connectivity index (χ3v) is 3.66. The second-order valence-electron chi connectivity index (χ2n) is 4.34. The summed E-state index contributed by atoms with van der Waals surface area (Å²) < 4.78 is 5.87. The Morgan fingerprint density at radius 2 is 2.00 bits per heavy atom. The average Bonchev–Trinajstić information content (AvgIpc) is 2.54. The first-order valence-electron chi connectivity index (χ1n) is 6.46. The van der Waals surface area contributed by atoms with Crippen molar-refractivity contribution < 1.29 is 9.53 Å². The van der Waals surface area contributed by atoms with Crippen LogP contribution in [-0.4, -0.2) is 19.6 Å². The van der Waals surface area contributed by atoms with E-state index in [4.69, 9.17) is 16.3 Å². The summed E-state index contributed by atoms with van der Waals surface area (Å²) in [4.78, 5) is 12.0. The summed E-state index contributed by atoms with van der Waals surface area (Å²) in [7, 11) is 1.61. The molecular formula is C17H13BrClNO2. The number of hydrogen-bond acceptors (Lipinski definition) is 2. The maximum absolute atomic E-state index is 12.0. The summed E-state index contributed by atoms with van der Waals surface area (Å²) in [6.45, 7) is 0.244. The quantitative estimate of drug-likeness (QED) is 0.823. The lowest BCUT2D eigenvalue weighted by atomic mass is 10.2. The van der Waals surface area contributed by atoms with Crippen LogP contribution in [0.4, 0.5) is 0 Å². The number of benzene rings is 2. The van der Waals surface area contributed by atoms with Crippen LogP contribution in [0, 0.1) is 11.8 Å². The monoisotopic (exact) mass is 377 g/mol. The van der Waals surface area contributed by atoms with Crippen LogP contribution in [0.1, 0.15) is 15.9 Å². The zero-order chi connectivity index (χ0) is 15.9. The maximum Gasteiger partial charge on any atom is 0.253 e. The fourth-order valence-corrected chi connectivity index (χ4v) is 2.28. The van der Waals surface area contributed by atoms with Crippen molar-refractivity contribution in [3.63, 3.8) is 0 Å². The van der Waals surface area contributed by atoms with E-state index in [1.165, 1.54) is 0 Å². The highest BCUT2D eigenvalue weighted by Crippen LogP contribution is 2.20. The first-order valence-corrected chi connectivity index (χ1v) is 7.63. The molecule has 0 aliphatic heterocycles. The molecule has 0 bridgehead atoms. The van der Waals surface area contributed by atoms with Gasteiger partial charge in [0.25, 0.3) is 5.91 Å². The summed E-state index contributed by atoms with van der Waals surface area (Å²) in [5, 5.41) is 3.12. The zero-order valence-electron chi connectivity index (χ0n) is 11.8. The number of rotatable bonds is 3. The number of ether oxygens (including phenoxy) is 1. The van der Waals surface area contributed by atoms with Crippen LogP contribution in [0.2, 0.25) is 5.02 Å². The molecule has 0 spiro atoms. The third-order valence-electron chi connectivity index (χ3n) is 2.83. The average molecular weight is 379 g/mol. The SMILES string of the molecule is COc1ccc(C#CCNC(=O)c2cc(Br)ccc2Cl)cc1. The number of nitrogens with one attached hydrogen (secondary N) is 1. The molecule has 1 N–H and O–H groups in total. The van der Waals surface area contributed by atoms with Gasteiger partial charge in [-0.15, -0.1) is 0 Å². The Morgan fingerprint density at radius 1 is 1.27 bits per heavy atom. The van der Waals surface area contributed by atoms with Gasteiger partial charge in [-0.3, -0.25) is 4.79 Å². The number of carbonyl (C=O) groups excluding carboxylic acids is 1. The fraction of sp³-hybridized carbons (Fsp3) is 0.118. The Morgan fingerprint density at radius 3 is 2.68 bits per heavy atom. The van der Waals surface area contributed by atoms with Crippen LogP contribution < -0.4 is 10.1 Å². The van der Waals surface area contributed by atoms with Gasteiger partial charge in [0, 0.05) is 10.0 Å². The molecule has 112 valence electrons. The van der Waals surface area contributed by atoms with Gasteiger partial charge in [-0.05, 0) is 42.5 Å². The Balaban J connectivity index is 1.94. The van der Waals surface area contributed by atoms with Crippen molar-refractivity contribution in [2.24, 2.45) is 0 Å². The molecule has 0 fully saturated rings. The van der Waals surface area contributed by atoms with Gasteiger partial charge >= 0.3 is 0 Å². The largest absolute Gasteiger partial charge is 0.497 e. The van der Waals surface area contributed by atoms with Gasteiger partial charge in [-0.25, -0.2) is 0 Å². The van der Waals surface area contributed by atoms with E-state index in [1.54, 1.807) is 25.3 Å². The van der Waals surface area contributed by atoms with E-state index in [0.717, 1.165) is 15.8 Å². The van der Waals surface area contributed by atoms with Crippen LogP contribution in [0.25, 0.3) is 0 Å². The van der Waals surface area contributed by atoms with Crippen LogP contribution in [0.3, 0.4) is 0 Å². The van der Waals surface area contributed by atoms with Crippen molar-refractivity contribution in [1.29, 1.82) is 0 Å². The lowest BCUT2D eigenvalue weighted by Crippen LogP contribution is -2.23. The van der Waals surface area contributed by atoms with Crippen molar-refractivity contribution in [1.82, 2.24) is 5.32 Å². The second-order valence-corrected chi connectivity index (χ2v) is 5.66. The molecule has 2 aromatic rings. The molecule has 22 heavy (non-hydrogen) atoms. The van der Waals surface area contributed by atoms with Crippen molar-refractivity contribution >= 4 is 33.4 Å². The molecule has 0 saturated carbocycles. The minimum Gasteiger partial charge on any atom is -0.497 e.